The molecule has 1 unspecified atom stereocenters. The molecule has 1 N–H and O–H groups in total. The predicted molar refractivity (Wildman–Crippen MR) is 151 cm³/mol. The first-order valence-corrected chi connectivity index (χ1v) is 13.8. The zero-order valence-corrected chi connectivity index (χ0v) is 23.2. The SMILES string of the molecule is Cc1cccc(-n2nc(C(C)(C)C)c3c2N(CC(=O)NCc2ccco2)C(=O)CSC3c2ccc(F)cc2)c1. The molecule has 1 aliphatic rings. The van der Waals surface area contributed by atoms with Gasteiger partial charge in [-0.2, -0.15) is 5.10 Å². The Balaban J connectivity index is 1.67. The number of benzene rings is 2. The van der Waals surface area contributed by atoms with Gasteiger partial charge in [-0.25, -0.2) is 9.07 Å². The van der Waals surface area contributed by atoms with E-state index in [-0.39, 0.29) is 47.1 Å². The number of thioether (sulfide) groups is 1. The van der Waals surface area contributed by atoms with Crippen LogP contribution in [0.5, 0.6) is 0 Å². The number of aromatic nitrogens is 2. The van der Waals surface area contributed by atoms with Gasteiger partial charge >= 0.3 is 0 Å². The summed E-state index contributed by atoms with van der Waals surface area (Å²) in [6.07, 6.45) is 1.55. The molecular formula is C30H31FN4O3S. The molecule has 1 atom stereocenters. The Morgan fingerprint density at radius 2 is 1.92 bits per heavy atom. The number of halogens is 1. The summed E-state index contributed by atoms with van der Waals surface area (Å²) in [6.45, 7) is 8.28. The van der Waals surface area contributed by atoms with Crippen molar-refractivity contribution in [3.63, 3.8) is 0 Å². The van der Waals surface area contributed by atoms with Gasteiger partial charge in [0.1, 0.15) is 23.9 Å². The predicted octanol–water partition coefficient (Wildman–Crippen LogP) is 5.70. The van der Waals surface area contributed by atoms with Gasteiger partial charge in [0.25, 0.3) is 0 Å². The van der Waals surface area contributed by atoms with E-state index in [1.54, 1.807) is 35.2 Å². The maximum atomic E-state index is 13.9. The largest absolute Gasteiger partial charge is 0.467 e. The van der Waals surface area contributed by atoms with Crippen molar-refractivity contribution in [1.29, 1.82) is 0 Å². The summed E-state index contributed by atoms with van der Waals surface area (Å²) in [5.41, 5.74) is 4.00. The third-order valence-electron chi connectivity index (χ3n) is 6.56. The van der Waals surface area contributed by atoms with E-state index in [1.807, 2.05) is 31.2 Å². The fourth-order valence-corrected chi connectivity index (χ4v) is 5.91. The third-order valence-corrected chi connectivity index (χ3v) is 7.81. The fourth-order valence-electron chi connectivity index (χ4n) is 4.71. The highest BCUT2D eigenvalue weighted by molar-refractivity contribution is 8.00. The number of hydrogen-bond acceptors (Lipinski definition) is 5. The van der Waals surface area contributed by atoms with Crippen LogP contribution in [0.3, 0.4) is 0 Å². The normalized spacial score (nSPS) is 15.7. The van der Waals surface area contributed by atoms with Crippen molar-refractivity contribution in [1.82, 2.24) is 15.1 Å². The zero-order chi connectivity index (χ0) is 27.7. The lowest BCUT2D eigenvalue weighted by atomic mass is 9.87. The highest BCUT2D eigenvalue weighted by Crippen LogP contribution is 2.48. The molecule has 0 spiro atoms. The van der Waals surface area contributed by atoms with E-state index in [0.717, 1.165) is 28.1 Å². The highest BCUT2D eigenvalue weighted by Gasteiger charge is 2.40. The molecule has 0 fully saturated rings. The Morgan fingerprint density at radius 1 is 1.15 bits per heavy atom. The van der Waals surface area contributed by atoms with Gasteiger partial charge in [0.05, 0.1) is 35.2 Å². The van der Waals surface area contributed by atoms with E-state index < -0.39 is 0 Å². The average Bonchev–Trinajstić information content (AvgIpc) is 3.53. The second-order valence-corrected chi connectivity index (χ2v) is 11.8. The number of hydrogen-bond donors (Lipinski definition) is 1. The first kappa shape index (κ1) is 26.7. The van der Waals surface area contributed by atoms with E-state index in [1.165, 1.54) is 28.8 Å². The van der Waals surface area contributed by atoms with Crippen LogP contribution in [0.25, 0.3) is 5.69 Å². The summed E-state index contributed by atoms with van der Waals surface area (Å²) >= 11 is 1.46. The summed E-state index contributed by atoms with van der Waals surface area (Å²) in [5.74, 6) is 0.495. The van der Waals surface area contributed by atoms with E-state index in [9.17, 15) is 14.0 Å². The molecule has 2 amide bonds. The molecule has 3 heterocycles. The van der Waals surface area contributed by atoms with Gasteiger partial charge in [0, 0.05) is 11.0 Å². The molecule has 0 aliphatic carbocycles. The first-order chi connectivity index (χ1) is 18.6. The molecule has 9 heteroatoms. The number of amides is 2. The standard InChI is InChI=1S/C30H31FN4O3S/c1-19-7-5-8-22(15-19)35-29-26(28(33-35)30(2,3)4)27(20-10-12-21(31)13-11-20)39-18-25(37)34(29)17-24(36)32-16-23-9-6-14-38-23/h5-15,27H,16-18H2,1-4H3,(H,32,36). The van der Waals surface area contributed by atoms with Crippen LogP contribution in [0.2, 0.25) is 0 Å². The molecule has 2 aromatic heterocycles. The number of aryl methyl sites for hydroxylation is 1. The molecule has 7 nitrogen and oxygen atoms in total. The molecule has 1 aliphatic heterocycles. The Hall–Kier alpha value is -3.85. The van der Waals surface area contributed by atoms with Gasteiger partial charge in [-0.05, 0) is 54.4 Å². The van der Waals surface area contributed by atoms with Crippen molar-refractivity contribution < 1.29 is 18.4 Å². The summed E-state index contributed by atoms with van der Waals surface area (Å²) in [4.78, 5) is 28.4. The van der Waals surface area contributed by atoms with Gasteiger partial charge in [-0.3, -0.25) is 14.5 Å². The van der Waals surface area contributed by atoms with E-state index in [2.05, 4.69) is 26.1 Å². The Bertz CT molecular complexity index is 1490. The lowest BCUT2D eigenvalue weighted by Gasteiger charge is -2.24. The molecule has 39 heavy (non-hydrogen) atoms. The van der Waals surface area contributed by atoms with Gasteiger partial charge < -0.3 is 9.73 Å². The number of furan rings is 1. The molecule has 2 aromatic carbocycles. The minimum absolute atomic E-state index is 0.152. The minimum atomic E-state index is -0.376. The lowest BCUT2D eigenvalue weighted by molar-refractivity contribution is -0.123. The van der Waals surface area contributed by atoms with E-state index in [4.69, 9.17) is 9.52 Å². The smallest absolute Gasteiger partial charge is 0.240 e. The van der Waals surface area contributed by atoms with Crippen LogP contribution < -0.4 is 10.2 Å². The van der Waals surface area contributed by atoms with Crippen molar-refractivity contribution in [2.24, 2.45) is 0 Å². The van der Waals surface area contributed by atoms with Gasteiger partial charge in [-0.15, -0.1) is 11.8 Å². The lowest BCUT2D eigenvalue weighted by Crippen LogP contribution is -2.42. The van der Waals surface area contributed by atoms with Crippen molar-refractivity contribution in [2.75, 3.05) is 17.2 Å². The van der Waals surface area contributed by atoms with Crippen LogP contribution in [0.15, 0.2) is 71.3 Å². The van der Waals surface area contributed by atoms with Crippen LogP contribution in [0, 0.1) is 12.7 Å². The second-order valence-electron chi connectivity index (χ2n) is 10.7. The van der Waals surface area contributed by atoms with Crippen LogP contribution in [-0.4, -0.2) is 33.9 Å². The number of anilines is 1. The number of fused-ring (bicyclic) bond motifs is 1. The average molecular weight is 547 g/mol. The van der Waals surface area contributed by atoms with E-state index >= 15 is 0 Å². The maximum absolute atomic E-state index is 13.9. The number of carbonyl (C=O) groups is 2. The molecule has 4 aromatic rings. The van der Waals surface area contributed by atoms with Crippen molar-refractivity contribution in [2.45, 2.75) is 44.9 Å². The summed E-state index contributed by atoms with van der Waals surface area (Å²) < 4.78 is 21.0. The Labute approximate surface area is 231 Å². The van der Waals surface area contributed by atoms with Crippen LogP contribution in [0.4, 0.5) is 10.2 Å². The minimum Gasteiger partial charge on any atom is -0.467 e. The van der Waals surface area contributed by atoms with Crippen LogP contribution in [-0.2, 0) is 21.5 Å². The first-order valence-electron chi connectivity index (χ1n) is 12.8. The molecule has 5 rings (SSSR count). The quantitative estimate of drug-likeness (QED) is 0.336. The number of nitrogens with zero attached hydrogens (tertiary/aromatic N) is 3. The number of rotatable bonds is 6. The fraction of sp³-hybridized carbons (Fsp3) is 0.300. The Morgan fingerprint density at radius 3 is 2.59 bits per heavy atom. The summed E-state index contributed by atoms with van der Waals surface area (Å²) in [5, 5.41) is 7.65. The maximum Gasteiger partial charge on any atom is 0.240 e. The van der Waals surface area contributed by atoms with Gasteiger partial charge in [-0.1, -0.05) is 45.0 Å². The summed E-state index contributed by atoms with van der Waals surface area (Å²) in [7, 11) is 0. The summed E-state index contributed by atoms with van der Waals surface area (Å²) in [6, 6.07) is 17.8. The molecule has 0 radical (unpaired) electrons. The van der Waals surface area contributed by atoms with Gasteiger partial charge in [0.15, 0.2) is 0 Å². The molecule has 202 valence electrons. The van der Waals surface area contributed by atoms with Crippen molar-refractivity contribution >= 4 is 29.4 Å². The van der Waals surface area contributed by atoms with E-state index in [0.29, 0.717) is 11.6 Å². The van der Waals surface area contributed by atoms with Crippen LogP contribution in [0.1, 0.15) is 54.2 Å². The second kappa shape index (κ2) is 10.7. The monoisotopic (exact) mass is 546 g/mol. The van der Waals surface area contributed by atoms with Crippen molar-refractivity contribution in [3.8, 4) is 5.69 Å². The van der Waals surface area contributed by atoms with Crippen molar-refractivity contribution in [3.05, 3.63) is 101 Å². The van der Waals surface area contributed by atoms with Gasteiger partial charge in [0.2, 0.25) is 11.8 Å². The topological polar surface area (TPSA) is 80.4 Å². The molecule has 0 saturated carbocycles. The number of nitrogens with one attached hydrogen (secondary N) is 1. The third kappa shape index (κ3) is 5.63. The number of carbonyl (C=O) groups excluding carboxylic acids is 2. The molecular weight excluding hydrogens is 515 g/mol. The molecule has 0 bridgehead atoms. The molecule has 0 saturated heterocycles. The Kier molecular flexibility index (Phi) is 7.36. The van der Waals surface area contributed by atoms with Crippen LogP contribution >= 0.6 is 11.8 Å². The zero-order valence-electron chi connectivity index (χ0n) is 22.4. The highest BCUT2D eigenvalue weighted by atomic mass is 32.2.